The van der Waals surface area contributed by atoms with Gasteiger partial charge < -0.3 is 9.47 Å². The lowest BCUT2D eigenvalue weighted by atomic mass is 9.82. The molecule has 0 spiro atoms. The second-order valence-electron chi connectivity index (χ2n) is 17.7. The van der Waals surface area contributed by atoms with E-state index in [1.165, 1.54) is 93.9 Å². The topological polar surface area (TPSA) is 8.17 Å². The van der Waals surface area contributed by atoms with Crippen LogP contribution in [-0.2, 0) is 10.8 Å². The molecule has 2 heteroatoms. The normalized spacial score (nSPS) is 14.3. The summed E-state index contributed by atoms with van der Waals surface area (Å²) in [5, 5.41) is 4.97. The maximum absolute atomic E-state index is 2.54. The lowest BCUT2D eigenvalue weighted by molar-refractivity contribution is 0.660. The Balaban J connectivity index is 1.12. The van der Waals surface area contributed by atoms with Gasteiger partial charge in [0.15, 0.2) is 0 Å². The predicted molar refractivity (Wildman–Crippen MR) is 254 cm³/mol. The van der Waals surface area contributed by atoms with Crippen molar-refractivity contribution in [2.45, 2.75) is 38.5 Å². The summed E-state index contributed by atoms with van der Waals surface area (Å²) < 4.78 is 2.42. The molecule has 2 aliphatic rings. The van der Waals surface area contributed by atoms with E-state index < -0.39 is 0 Å². The van der Waals surface area contributed by atoms with E-state index in [4.69, 9.17) is 0 Å². The highest BCUT2D eigenvalue weighted by Crippen LogP contribution is 2.56. The highest BCUT2D eigenvalue weighted by molar-refractivity contribution is 6.09. The Labute approximate surface area is 351 Å². The van der Waals surface area contributed by atoms with Gasteiger partial charge in [0, 0.05) is 44.2 Å². The number of hydrogen-bond acceptors (Lipinski definition) is 1. The van der Waals surface area contributed by atoms with Crippen molar-refractivity contribution < 1.29 is 0 Å². The van der Waals surface area contributed by atoms with E-state index in [9.17, 15) is 0 Å². The number of aromatic nitrogens is 1. The van der Waals surface area contributed by atoms with Crippen molar-refractivity contribution in [2.75, 3.05) is 4.90 Å². The molecule has 0 atom stereocenters. The van der Waals surface area contributed by atoms with Crippen LogP contribution in [0.1, 0.15) is 49.9 Å². The van der Waals surface area contributed by atoms with E-state index in [0.717, 1.165) is 17.1 Å². The minimum atomic E-state index is -0.129. The summed E-state index contributed by atoms with van der Waals surface area (Å²) in [7, 11) is 0. The quantitative estimate of drug-likeness (QED) is 0.169. The minimum absolute atomic E-state index is 0.0796. The van der Waals surface area contributed by atoms with Crippen LogP contribution >= 0.6 is 0 Å². The van der Waals surface area contributed by atoms with Crippen LogP contribution in [0.15, 0.2) is 194 Å². The van der Waals surface area contributed by atoms with Gasteiger partial charge in [-0.05, 0) is 115 Å². The number of nitrogens with zero attached hydrogens (tertiary/aromatic N) is 2. The van der Waals surface area contributed by atoms with E-state index in [1.807, 2.05) is 0 Å². The minimum Gasteiger partial charge on any atom is -0.310 e. The highest BCUT2D eigenvalue weighted by atomic mass is 15.1. The van der Waals surface area contributed by atoms with Crippen LogP contribution in [0.2, 0.25) is 0 Å². The number of fused-ring (bicyclic) bond motifs is 10. The Kier molecular flexibility index (Phi) is 7.36. The predicted octanol–water partition coefficient (Wildman–Crippen LogP) is 15.7. The molecule has 0 radical (unpaired) electrons. The zero-order valence-corrected chi connectivity index (χ0v) is 34.4. The Bertz CT molecular complexity index is 3340. The molecule has 0 saturated carbocycles. The molecule has 0 amide bonds. The molecule has 0 fully saturated rings. The third kappa shape index (κ3) is 4.88. The lowest BCUT2D eigenvalue weighted by Crippen LogP contribution is -2.16. The van der Waals surface area contributed by atoms with Crippen molar-refractivity contribution in [3.63, 3.8) is 0 Å². The molecule has 1 aromatic heterocycles. The highest BCUT2D eigenvalue weighted by Gasteiger charge is 2.39. The van der Waals surface area contributed by atoms with Crippen LogP contribution in [0, 0.1) is 0 Å². The van der Waals surface area contributed by atoms with Gasteiger partial charge in [0.2, 0.25) is 0 Å². The van der Waals surface area contributed by atoms with Crippen molar-refractivity contribution >= 4 is 49.6 Å². The summed E-state index contributed by atoms with van der Waals surface area (Å²) in [6.07, 6.45) is 0. The molecule has 10 aromatic rings. The van der Waals surface area contributed by atoms with Gasteiger partial charge in [-0.1, -0.05) is 167 Å². The average Bonchev–Trinajstić information content (AvgIpc) is 3.83. The maximum atomic E-state index is 2.54. The zero-order chi connectivity index (χ0) is 40.3. The second-order valence-corrected chi connectivity index (χ2v) is 17.7. The Morgan fingerprint density at radius 3 is 1.72 bits per heavy atom. The van der Waals surface area contributed by atoms with Crippen molar-refractivity contribution in [1.82, 2.24) is 4.57 Å². The first-order valence-electron chi connectivity index (χ1n) is 21.2. The lowest BCUT2D eigenvalue weighted by Gasteiger charge is -2.30. The maximum Gasteiger partial charge on any atom is 0.0543 e. The summed E-state index contributed by atoms with van der Waals surface area (Å²) in [4.78, 5) is 2.54. The first-order chi connectivity index (χ1) is 29.3. The van der Waals surface area contributed by atoms with Crippen LogP contribution in [0.5, 0.6) is 0 Å². The first kappa shape index (κ1) is 34.8. The van der Waals surface area contributed by atoms with Gasteiger partial charge in [-0.3, -0.25) is 0 Å². The Morgan fingerprint density at radius 1 is 0.383 bits per heavy atom. The number of para-hydroxylation sites is 2. The molecule has 0 bridgehead atoms. The molecule has 0 saturated heterocycles. The molecule has 0 N–H and O–H groups in total. The Morgan fingerprint density at radius 2 is 0.950 bits per heavy atom. The van der Waals surface area contributed by atoms with Gasteiger partial charge in [-0.15, -0.1) is 0 Å². The van der Waals surface area contributed by atoms with Crippen molar-refractivity contribution in [1.29, 1.82) is 0 Å². The fourth-order valence-electron chi connectivity index (χ4n) is 10.9. The molecule has 286 valence electrons. The number of hydrogen-bond donors (Lipinski definition) is 0. The van der Waals surface area contributed by atoms with Crippen LogP contribution in [0.4, 0.5) is 17.1 Å². The SMILES string of the molecule is CC1(C)c2ccccc2-c2cc(N(c3cc(-c4cccc(-n5c6ccccc6c6ccccc65)c4)c4ccccc4c3)c3cccc4c3-c3ccccc3C4(C)C)ccc21. The van der Waals surface area contributed by atoms with E-state index in [2.05, 4.69) is 231 Å². The summed E-state index contributed by atoms with van der Waals surface area (Å²) in [5.41, 5.74) is 20.0. The zero-order valence-electron chi connectivity index (χ0n) is 34.4. The summed E-state index contributed by atoms with van der Waals surface area (Å²) in [6.45, 7) is 9.47. The summed E-state index contributed by atoms with van der Waals surface area (Å²) in [6, 6.07) is 72.5. The summed E-state index contributed by atoms with van der Waals surface area (Å²) in [5.74, 6) is 0. The van der Waals surface area contributed by atoms with Gasteiger partial charge in [0.25, 0.3) is 0 Å². The first-order valence-corrected chi connectivity index (χ1v) is 21.2. The fourth-order valence-corrected chi connectivity index (χ4v) is 10.9. The van der Waals surface area contributed by atoms with Crippen LogP contribution in [0.3, 0.4) is 0 Å². The standard InChI is InChI=1S/C58H44N2/c1-57(2)49-25-11-7-21-43(49)48-35-40(31-32-51(48)57)59(55-30-16-27-52-56(55)46-24-8-12-26-50(46)58(52,3)4)41-34-37-17-5-6-20-42(37)47(36-41)38-18-15-19-39(33-38)60-53-28-13-9-22-44(53)45-23-10-14-29-54(45)60/h5-36H,1-4H3. The molecule has 2 aliphatic carbocycles. The van der Waals surface area contributed by atoms with E-state index in [-0.39, 0.29) is 10.8 Å². The fraction of sp³-hybridized carbons (Fsp3) is 0.103. The second kappa shape index (κ2) is 12.7. The van der Waals surface area contributed by atoms with Gasteiger partial charge in [-0.2, -0.15) is 0 Å². The van der Waals surface area contributed by atoms with Gasteiger partial charge in [0.1, 0.15) is 0 Å². The van der Waals surface area contributed by atoms with Gasteiger partial charge in [0.05, 0.1) is 16.7 Å². The smallest absolute Gasteiger partial charge is 0.0543 e. The summed E-state index contributed by atoms with van der Waals surface area (Å²) >= 11 is 0. The monoisotopic (exact) mass is 768 g/mol. The van der Waals surface area contributed by atoms with Crippen molar-refractivity contribution in [3.8, 4) is 39.1 Å². The third-order valence-corrected chi connectivity index (χ3v) is 13.8. The van der Waals surface area contributed by atoms with Crippen LogP contribution < -0.4 is 4.90 Å². The molecule has 0 unspecified atom stereocenters. The van der Waals surface area contributed by atoms with E-state index in [1.54, 1.807) is 0 Å². The molecule has 1 heterocycles. The van der Waals surface area contributed by atoms with Gasteiger partial charge >= 0.3 is 0 Å². The molecule has 60 heavy (non-hydrogen) atoms. The molecule has 0 aliphatic heterocycles. The van der Waals surface area contributed by atoms with Crippen molar-refractivity contribution in [3.05, 3.63) is 216 Å². The largest absolute Gasteiger partial charge is 0.310 e. The van der Waals surface area contributed by atoms with Gasteiger partial charge in [-0.25, -0.2) is 0 Å². The third-order valence-electron chi connectivity index (χ3n) is 13.8. The molecule has 9 aromatic carbocycles. The van der Waals surface area contributed by atoms with E-state index >= 15 is 0 Å². The number of benzene rings is 9. The van der Waals surface area contributed by atoms with E-state index in [0.29, 0.717) is 0 Å². The molecular formula is C58H44N2. The molecule has 12 rings (SSSR count). The molecular weight excluding hydrogens is 725 g/mol. The average molecular weight is 769 g/mol. The number of anilines is 3. The Hall–Kier alpha value is -7.16. The number of rotatable bonds is 5. The van der Waals surface area contributed by atoms with Crippen LogP contribution in [0.25, 0.3) is 71.6 Å². The molecule has 2 nitrogen and oxygen atoms in total. The van der Waals surface area contributed by atoms with Crippen molar-refractivity contribution in [2.24, 2.45) is 0 Å². The van der Waals surface area contributed by atoms with Crippen LogP contribution in [-0.4, -0.2) is 4.57 Å².